The van der Waals surface area contributed by atoms with Gasteiger partial charge < -0.3 is 14.8 Å². The van der Waals surface area contributed by atoms with Crippen LogP contribution in [0.15, 0.2) is 24.3 Å². The molecule has 1 aromatic rings. The van der Waals surface area contributed by atoms with Crippen LogP contribution in [0, 0.1) is 5.92 Å². The number of ketones is 1. The second-order valence-corrected chi connectivity index (χ2v) is 6.15. The highest BCUT2D eigenvalue weighted by Crippen LogP contribution is 2.26. The number of thioether (sulfide) groups is 1. The fourth-order valence-electron chi connectivity index (χ4n) is 2.37. The molecule has 0 amide bonds. The number of ether oxygens (including phenoxy) is 2. The number of esters is 1. The van der Waals surface area contributed by atoms with Crippen molar-refractivity contribution in [2.75, 3.05) is 30.5 Å². The van der Waals surface area contributed by atoms with Gasteiger partial charge in [-0.25, -0.2) is 4.79 Å². The maximum absolute atomic E-state index is 12.2. The molecular weight excluding hydrogens is 302 g/mol. The highest BCUT2D eigenvalue weighted by Gasteiger charge is 2.36. The Labute approximate surface area is 134 Å². The van der Waals surface area contributed by atoms with Gasteiger partial charge in [-0.05, 0) is 31.2 Å². The molecule has 2 rings (SSSR count). The Morgan fingerprint density at radius 2 is 2.14 bits per heavy atom. The van der Waals surface area contributed by atoms with Crippen LogP contribution in [0.4, 0.5) is 5.69 Å². The van der Waals surface area contributed by atoms with Gasteiger partial charge >= 0.3 is 5.97 Å². The number of nitrogens with one attached hydrogen (secondary N) is 1. The SMILES string of the molecule is CCOC(=O)[C@@H](Nc1ccc(OC)cc1)[C@@H]1CSCCC1=O. The predicted octanol–water partition coefficient (Wildman–Crippen LogP) is 2.36. The first kappa shape index (κ1) is 16.7. The van der Waals surface area contributed by atoms with E-state index in [1.165, 1.54) is 0 Å². The number of methoxy groups -OCH3 is 1. The van der Waals surface area contributed by atoms with Crippen LogP contribution in [0.1, 0.15) is 13.3 Å². The highest BCUT2D eigenvalue weighted by atomic mass is 32.2. The van der Waals surface area contributed by atoms with Crippen LogP contribution in [0.5, 0.6) is 5.75 Å². The minimum Gasteiger partial charge on any atom is -0.497 e. The lowest BCUT2D eigenvalue weighted by Gasteiger charge is -2.28. The van der Waals surface area contributed by atoms with Gasteiger partial charge in [0.2, 0.25) is 0 Å². The molecule has 6 heteroatoms. The second-order valence-electron chi connectivity index (χ2n) is 5.00. The van der Waals surface area contributed by atoms with E-state index in [2.05, 4.69) is 5.32 Å². The van der Waals surface area contributed by atoms with Crippen molar-refractivity contribution in [3.8, 4) is 5.75 Å². The van der Waals surface area contributed by atoms with E-state index in [0.717, 1.165) is 17.2 Å². The Hall–Kier alpha value is -1.69. The van der Waals surface area contributed by atoms with Crippen LogP contribution < -0.4 is 10.1 Å². The van der Waals surface area contributed by atoms with Crippen molar-refractivity contribution >= 4 is 29.2 Å². The van der Waals surface area contributed by atoms with E-state index in [9.17, 15) is 9.59 Å². The maximum Gasteiger partial charge on any atom is 0.329 e. The third-order valence-electron chi connectivity index (χ3n) is 3.56. The van der Waals surface area contributed by atoms with Gasteiger partial charge in [0.05, 0.1) is 19.6 Å². The summed E-state index contributed by atoms with van der Waals surface area (Å²) in [5, 5.41) is 3.15. The molecule has 1 aromatic carbocycles. The standard InChI is InChI=1S/C16H21NO4S/c1-3-21-16(19)15(13-10-22-9-8-14(13)18)17-11-4-6-12(20-2)7-5-11/h4-7,13,15,17H,3,8-10H2,1-2H3/t13-,15+/m1/s1. The van der Waals surface area contributed by atoms with Gasteiger partial charge in [-0.2, -0.15) is 11.8 Å². The molecule has 1 N–H and O–H groups in total. The second kappa shape index (κ2) is 8.08. The number of benzene rings is 1. The third-order valence-corrected chi connectivity index (χ3v) is 4.65. The first-order chi connectivity index (χ1) is 10.7. The molecule has 0 bridgehead atoms. The van der Waals surface area contributed by atoms with Crippen LogP contribution in [0.3, 0.4) is 0 Å². The Kier molecular flexibility index (Phi) is 6.12. The van der Waals surface area contributed by atoms with Crippen LogP contribution in [-0.4, -0.2) is 43.0 Å². The number of hydrogen-bond donors (Lipinski definition) is 1. The minimum atomic E-state index is -0.645. The van der Waals surface area contributed by atoms with E-state index < -0.39 is 6.04 Å². The molecule has 1 fully saturated rings. The lowest BCUT2D eigenvalue weighted by molar-refractivity contribution is -0.147. The molecule has 0 aliphatic carbocycles. The van der Waals surface area contributed by atoms with Crippen molar-refractivity contribution in [1.82, 2.24) is 0 Å². The molecule has 120 valence electrons. The molecule has 2 atom stereocenters. The normalized spacial score (nSPS) is 19.4. The number of anilines is 1. The molecule has 0 spiro atoms. The average molecular weight is 323 g/mol. The number of hydrogen-bond acceptors (Lipinski definition) is 6. The molecule has 0 unspecified atom stereocenters. The molecule has 0 saturated carbocycles. The Morgan fingerprint density at radius 1 is 1.41 bits per heavy atom. The topological polar surface area (TPSA) is 64.6 Å². The largest absolute Gasteiger partial charge is 0.497 e. The van der Waals surface area contributed by atoms with Gasteiger partial charge in [-0.3, -0.25) is 4.79 Å². The molecule has 0 radical (unpaired) electrons. The Balaban J connectivity index is 2.15. The molecule has 1 saturated heterocycles. The zero-order valence-electron chi connectivity index (χ0n) is 12.8. The fourth-order valence-corrected chi connectivity index (χ4v) is 3.51. The van der Waals surface area contributed by atoms with E-state index >= 15 is 0 Å². The number of Topliss-reactive ketones (excluding diaryl/α,β-unsaturated/α-hetero) is 1. The van der Waals surface area contributed by atoms with Gasteiger partial charge in [0, 0.05) is 23.6 Å². The summed E-state index contributed by atoms with van der Waals surface area (Å²) in [6.45, 7) is 2.06. The van der Waals surface area contributed by atoms with Crippen molar-refractivity contribution in [2.24, 2.45) is 5.92 Å². The Morgan fingerprint density at radius 3 is 2.73 bits per heavy atom. The summed E-state index contributed by atoms with van der Waals surface area (Å²) in [7, 11) is 1.60. The fraction of sp³-hybridized carbons (Fsp3) is 0.500. The summed E-state index contributed by atoms with van der Waals surface area (Å²) < 4.78 is 10.3. The maximum atomic E-state index is 12.2. The van der Waals surface area contributed by atoms with Crippen molar-refractivity contribution in [3.05, 3.63) is 24.3 Å². The summed E-state index contributed by atoms with van der Waals surface area (Å²) in [5.74, 6) is 1.61. The Bertz CT molecular complexity index is 517. The van der Waals surface area contributed by atoms with Crippen LogP contribution in [0.25, 0.3) is 0 Å². The zero-order chi connectivity index (χ0) is 15.9. The van der Waals surface area contributed by atoms with Gasteiger partial charge in [-0.1, -0.05) is 0 Å². The van der Waals surface area contributed by atoms with Crippen LogP contribution in [0.2, 0.25) is 0 Å². The summed E-state index contributed by atoms with van der Waals surface area (Å²) in [6, 6.07) is 6.62. The first-order valence-corrected chi connectivity index (χ1v) is 8.49. The lowest BCUT2D eigenvalue weighted by atomic mass is 9.94. The smallest absolute Gasteiger partial charge is 0.329 e. The highest BCUT2D eigenvalue weighted by molar-refractivity contribution is 7.99. The summed E-state index contributed by atoms with van der Waals surface area (Å²) in [4.78, 5) is 24.4. The van der Waals surface area contributed by atoms with E-state index in [1.807, 2.05) is 24.3 Å². The molecule has 1 heterocycles. The van der Waals surface area contributed by atoms with Crippen molar-refractivity contribution in [3.63, 3.8) is 0 Å². The quantitative estimate of drug-likeness (QED) is 0.811. The van der Waals surface area contributed by atoms with E-state index in [1.54, 1.807) is 25.8 Å². The van der Waals surface area contributed by atoms with Crippen molar-refractivity contribution < 1.29 is 19.1 Å². The van der Waals surface area contributed by atoms with Crippen LogP contribution >= 0.6 is 11.8 Å². The predicted molar refractivity (Wildman–Crippen MR) is 87.5 cm³/mol. The van der Waals surface area contributed by atoms with E-state index in [-0.39, 0.29) is 17.7 Å². The molecular formula is C16H21NO4S. The molecule has 1 aliphatic rings. The molecule has 1 aliphatic heterocycles. The van der Waals surface area contributed by atoms with Gasteiger partial charge in [0.15, 0.2) is 0 Å². The molecule has 5 nitrogen and oxygen atoms in total. The summed E-state index contributed by atoms with van der Waals surface area (Å²) >= 11 is 1.70. The third kappa shape index (κ3) is 4.16. The van der Waals surface area contributed by atoms with Crippen molar-refractivity contribution in [2.45, 2.75) is 19.4 Å². The van der Waals surface area contributed by atoms with Crippen molar-refractivity contribution in [1.29, 1.82) is 0 Å². The minimum absolute atomic E-state index is 0.123. The number of carbonyl (C=O) groups excluding carboxylic acids is 2. The first-order valence-electron chi connectivity index (χ1n) is 7.33. The molecule has 0 aromatic heterocycles. The monoisotopic (exact) mass is 323 g/mol. The van der Waals surface area contributed by atoms with Gasteiger partial charge in [0.25, 0.3) is 0 Å². The van der Waals surface area contributed by atoms with E-state index in [4.69, 9.17) is 9.47 Å². The number of rotatable bonds is 6. The summed E-state index contributed by atoms with van der Waals surface area (Å²) in [5.41, 5.74) is 0.766. The number of carbonyl (C=O) groups is 2. The summed E-state index contributed by atoms with van der Waals surface area (Å²) in [6.07, 6.45) is 0.509. The van der Waals surface area contributed by atoms with Crippen LogP contribution in [-0.2, 0) is 14.3 Å². The lowest BCUT2D eigenvalue weighted by Crippen LogP contribution is -2.44. The zero-order valence-corrected chi connectivity index (χ0v) is 13.7. The molecule has 22 heavy (non-hydrogen) atoms. The van der Waals surface area contributed by atoms with Gasteiger partial charge in [0.1, 0.15) is 17.6 Å². The van der Waals surface area contributed by atoms with E-state index in [0.29, 0.717) is 18.8 Å². The average Bonchev–Trinajstić information content (AvgIpc) is 2.54. The van der Waals surface area contributed by atoms with Gasteiger partial charge in [-0.15, -0.1) is 0 Å².